The highest BCUT2D eigenvalue weighted by molar-refractivity contribution is 7.92. The predicted molar refractivity (Wildman–Crippen MR) is 81.9 cm³/mol. The van der Waals surface area contributed by atoms with E-state index in [1.54, 1.807) is 31.3 Å². The maximum Gasteiger partial charge on any atom is 0.266 e. The summed E-state index contributed by atoms with van der Waals surface area (Å²) in [5.74, 6) is 0.475. The normalized spacial score (nSPS) is 11.2. The Morgan fingerprint density at radius 1 is 1.24 bits per heavy atom. The molecule has 1 aromatic carbocycles. The van der Waals surface area contributed by atoms with Gasteiger partial charge in [-0.1, -0.05) is 6.07 Å². The van der Waals surface area contributed by atoms with E-state index in [9.17, 15) is 8.42 Å². The number of pyridine rings is 1. The lowest BCUT2D eigenvalue weighted by Gasteiger charge is -2.13. The molecule has 0 aliphatic carbocycles. The zero-order valence-electron chi connectivity index (χ0n) is 12.0. The fourth-order valence-corrected chi connectivity index (χ4v) is 2.96. The number of sulfonamides is 1. The van der Waals surface area contributed by atoms with Crippen LogP contribution in [0.3, 0.4) is 0 Å². The molecule has 0 atom stereocenters. The summed E-state index contributed by atoms with van der Waals surface area (Å²) < 4.78 is 32.4. The zero-order valence-corrected chi connectivity index (χ0v) is 12.9. The van der Waals surface area contributed by atoms with Gasteiger partial charge in [-0.15, -0.1) is 0 Å². The first-order valence-corrected chi connectivity index (χ1v) is 7.71. The Bertz CT molecular complexity index is 756. The summed E-state index contributed by atoms with van der Waals surface area (Å²) in [5, 5.41) is 0. The van der Waals surface area contributed by atoms with Crippen molar-refractivity contribution in [2.75, 3.05) is 17.6 Å². The van der Waals surface area contributed by atoms with Crippen LogP contribution in [0.15, 0.2) is 35.4 Å². The van der Waals surface area contributed by atoms with Crippen molar-refractivity contribution in [3.63, 3.8) is 0 Å². The highest BCUT2D eigenvalue weighted by Crippen LogP contribution is 2.29. The van der Waals surface area contributed by atoms with E-state index in [-0.39, 0.29) is 16.5 Å². The average molecular weight is 307 g/mol. The van der Waals surface area contributed by atoms with Crippen LogP contribution < -0.4 is 15.2 Å². The highest BCUT2D eigenvalue weighted by Gasteiger charge is 2.21. The molecule has 0 saturated heterocycles. The van der Waals surface area contributed by atoms with Gasteiger partial charge in [-0.25, -0.2) is 13.4 Å². The summed E-state index contributed by atoms with van der Waals surface area (Å²) in [4.78, 5) is 4.00. The minimum atomic E-state index is -3.83. The molecular weight excluding hydrogens is 290 g/mol. The van der Waals surface area contributed by atoms with Gasteiger partial charge in [0, 0.05) is 11.9 Å². The summed E-state index contributed by atoms with van der Waals surface area (Å²) >= 11 is 0. The van der Waals surface area contributed by atoms with Crippen molar-refractivity contribution in [3.05, 3.63) is 41.6 Å². The first-order chi connectivity index (χ1) is 9.83. The molecule has 0 bridgehead atoms. The Hall–Kier alpha value is -2.28. The Balaban J connectivity index is 2.44. The fraction of sp³-hybridized carbons (Fsp3) is 0.214. The highest BCUT2D eigenvalue weighted by atomic mass is 32.2. The number of hydrogen-bond acceptors (Lipinski definition) is 5. The number of nitrogens with two attached hydrogens (primary N) is 1. The van der Waals surface area contributed by atoms with Crippen LogP contribution in [0, 0.1) is 13.8 Å². The summed E-state index contributed by atoms with van der Waals surface area (Å²) in [6, 6.07) is 6.33. The smallest absolute Gasteiger partial charge is 0.266 e. The molecule has 112 valence electrons. The molecule has 1 heterocycles. The molecule has 1 aromatic heterocycles. The largest absolute Gasteiger partial charge is 0.495 e. The standard InChI is InChI=1S/C14H17N3O3S/c1-9-4-5-14(16-8-9)17-21(18,19)13-7-11(15)10(2)6-12(13)20-3/h4-8H,15H2,1-3H3,(H,16,17). The molecule has 0 aliphatic rings. The van der Waals surface area contributed by atoms with Crippen LogP contribution in [0.2, 0.25) is 0 Å². The molecule has 0 saturated carbocycles. The van der Waals surface area contributed by atoms with E-state index in [1.165, 1.54) is 13.2 Å². The number of methoxy groups -OCH3 is 1. The molecule has 6 nitrogen and oxygen atoms in total. The summed E-state index contributed by atoms with van der Waals surface area (Å²) in [7, 11) is -2.41. The maximum atomic E-state index is 12.4. The Morgan fingerprint density at radius 2 is 1.95 bits per heavy atom. The summed E-state index contributed by atoms with van der Waals surface area (Å²) in [6.45, 7) is 3.65. The van der Waals surface area contributed by atoms with E-state index < -0.39 is 10.0 Å². The number of rotatable bonds is 4. The van der Waals surface area contributed by atoms with Gasteiger partial charge in [0.2, 0.25) is 0 Å². The van der Waals surface area contributed by atoms with Gasteiger partial charge in [-0.2, -0.15) is 0 Å². The topological polar surface area (TPSA) is 94.3 Å². The molecule has 0 amide bonds. The third-order valence-electron chi connectivity index (χ3n) is 2.99. The van der Waals surface area contributed by atoms with E-state index in [4.69, 9.17) is 10.5 Å². The molecule has 0 unspecified atom stereocenters. The number of aryl methyl sites for hydroxylation is 2. The predicted octanol–water partition coefficient (Wildman–Crippen LogP) is 2.09. The molecule has 7 heteroatoms. The molecule has 21 heavy (non-hydrogen) atoms. The molecule has 0 spiro atoms. The molecule has 2 rings (SSSR count). The number of benzene rings is 1. The Labute approximate surface area is 124 Å². The van der Waals surface area contributed by atoms with E-state index in [2.05, 4.69) is 9.71 Å². The van der Waals surface area contributed by atoms with Crippen LogP contribution >= 0.6 is 0 Å². The van der Waals surface area contributed by atoms with Crippen molar-refractivity contribution >= 4 is 21.5 Å². The van der Waals surface area contributed by atoms with Gasteiger partial charge >= 0.3 is 0 Å². The number of hydrogen-bond donors (Lipinski definition) is 2. The van der Waals surface area contributed by atoms with Crippen molar-refractivity contribution in [1.82, 2.24) is 4.98 Å². The first-order valence-electron chi connectivity index (χ1n) is 6.23. The minimum Gasteiger partial charge on any atom is -0.495 e. The van der Waals surface area contributed by atoms with E-state index in [0.717, 1.165) is 11.1 Å². The second-order valence-corrected chi connectivity index (χ2v) is 6.34. The van der Waals surface area contributed by atoms with Gasteiger partial charge in [0.05, 0.1) is 7.11 Å². The van der Waals surface area contributed by atoms with Crippen molar-refractivity contribution < 1.29 is 13.2 Å². The van der Waals surface area contributed by atoms with Crippen LogP contribution in [0.25, 0.3) is 0 Å². The monoisotopic (exact) mass is 307 g/mol. The molecule has 0 fully saturated rings. The van der Waals surface area contributed by atoms with Gasteiger partial charge in [0.1, 0.15) is 16.5 Å². The van der Waals surface area contributed by atoms with Gasteiger partial charge in [0.25, 0.3) is 10.0 Å². The summed E-state index contributed by atoms with van der Waals surface area (Å²) in [5.41, 5.74) is 7.86. The minimum absolute atomic E-state index is 0.0181. The third-order valence-corrected chi connectivity index (χ3v) is 4.37. The summed E-state index contributed by atoms with van der Waals surface area (Å²) in [6.07, 6.45) is 1.58. The van der Waals surface area contributed by atoms with Gasteiger partial charge < -0.3 is 10.5 Å². The Morgan fingerprint density at radius 3 is 2.52 bits per heavy atom. The van der Waals surface area contributed by atoms with Crippen molar-refractivity contribution in [2.24, 2.45) is 0 Å². The SMILES string of the molecule is COc1cc(C)c(N)cc1S(=O)(=O)Nc1ccc(C)cn1. The van der Waals surface area contributed by atoms with Gasteiger partial charge in [0.15, 0.2) is 0 Å². The van der Waals surface area contributed by atoms with Crippen molar-refractivity contribution in [1.29, 1.82) is 0 Å². The second-order valence-electron chi connectivity index (χ2n) is 4.69. The van der Waals surface area contributed by atoms with Crippen LogP contribution in [0.5, 0.6) is 5.75 Å². The van der Waals surface area contributed by atoms with Crippen molar-refractivity contribution in [3.8, 4) is 5.75 Å². The lowest BCUT2D eigenvalue weighted by molar-refractivity contribution is 0.402. The molecule has 0 radical (unpaired) electrons. The zero-order chi connectivity index (χ0) is 15.6. The number of nitrogen functional groups attached to an aromatic ring is 1. The Kier molecular flexibility index (Phi) is 4.04. The fourth-order valence-electron chi connectivity index (χ4n) is 1.77. The lowest BCUT2D eigenvalue weighted by atomic mass is 10.2. The van der Waals surface area contributed by atoms with Crippen molar-refractivity contribution in [2.45, 2.75) is 18.7 Å². The molecule has 0 aliphatic heterocycles. The quantitative estimate of drug-likeness (QED) is 0.843. The average Bonchev–Trinajstić information content (AvgIpc) is 2.43. The van der Waals surface area contributed by atoms with Gasteiger partial charge in [-0.05, 0) is 43.2 Å². The van der Waals surface area contributed by atoms with E-state index >= 15 is 0 Å². The molecule has 2 aromatic rings. The molecular formula is C14H17N3O3S. The number of ether oxygens (including phenoxy) is 1. The van der Waals surface area contributed by atoms with Crippen LogP contribution in [-0.2, 0) is 10.0 Å². The first kappa shape index (κ1) is 15.1. The van der Waals surface area contributed by atoms with E-state index in [0.29, 0.717) is 5.69 Å². The van der Waals surface area contributed by atoms with E-state index in [1.807, 2.05) is 6.92 Å². The second kappa shape index (κ2) is 5.61. The third kappa shape index (κ3) is 3.25. The van der Waals surface area contributed by atoms with Gasteiger partial charge in [-0.3, -0.25) is 4.72 Å². The number of nitrogens with one attached hydrogen (secondary N) is 1. The van der Waals surface area contributed by atoms with Crippen LogP contribution in [-0.4, -0.2) is 20.5 Å². The number of nitrogens with zero attached hydrogens (tertiary/aromatic N) is 1. The lowest BCUT2D eigenvalue weighted by Crippen LogP contribution is -2.15. The number of aromatic nitrogens is 1. The number of anilines is 2. The van der Waals surface area contributed by atoms with Crippen LogP contribution in [0.4, 0.5) is 11.5 Å². The molecule has 3 N–H and O–H groups in total. The van der Waals surface area contributed by atoms with Crippen LogP contribution in [0.1, 0.15) is 11.1 Å². The maximum absolute atomic E-state index is 12.4.